The molecule has 0 unspecified atom stereocenters. The Morgan fingerprint density at radius 1 is 1.43 bits per heavy atom. The average molecular weight is 202 g/mol. The Bertz CT molecular complexity index is 220. The molecule has 0 amide bonds. The Morgan fingerprint density at radius 3 is 2.29 bits per heavy atom. The third-order valence-electron chi connectivity index (χ3n) is 2.46. The molecular weight excluding hydrogens is 184 g/mol. The molecule has 0 saturated carbocycles. The predicted molar refractivity (Wildman–Crippen MR) is 51.7 cm³/mol. The Labute approximate surface area is 84.3 Å². The Morgan fingerprint density at radius 2 is 1.93 bits per heavy atom. The van der Waals surface area contributed by atoms with Gasteiger partial charge in [0.05, 0.1) is 19.6 Å². The molecule has 0 aliphatic carbocycles. The number of methoxy groups -OCH3 is 1. The Kier molecular flexibility index (Phi) is 4.77. The first kappa shape index (κ1) is 13.1. The van der Waals surface area contributed by atoms with E-state index in [-0.39, 0.29) is 12.2 Å². The van der Waals surface area contributed by atoms with Crippen molar-refractivity contribution in [3.05, 3.63) is 0 Å². The van der Waals surface area contributed by atoms with Crippen LogP contribution in [0.4, 0.5) is 0 Å². The molecule has 0 bridgehead atoms. The van der Waals surface area contributed by atoms with Crippen molar-refractivity contribution in [3.63, 3.8) is 0 Å². The molecule has 0 radical (unpaired) electrons. The zero-order chi connectivity index (χ0) is 11.4. The molecule has 0 heterocycles. The number of rotatable bonds is 5. The fourth-order valence-corrected chi connectivity index (χ4v) is 1.14. The van der Waals surface area contributed by atoms with E-state index in [1.807, 2.05) is 0 Å². The molecule has 82 valence electrons. The number of aliphatic hydroxyl groups excluding tert-OH is 1. The molecule has 0 aliphatic heterocycles. The summed E-state index contributed by atoms with van der Waals surface area (Å²) in [7, 11) is 1.25. The van der Waals surface area contributed by atoms with Gasteiger partial charge in [0.25, 0.3) is 0 Å². The summed E-state index contributed by atoms with van der Waals surface area (Å²) in [6.07, 6.45) is -0.775. The third-order valence-corrected chi connectivity index (χ3v) is 2.46. The van der Waals surface area contributed by atoms with Gasteiger partial charge in [0.1, 0.15) is 5.78 Å². The summed E-state index contributed by atoms with van der Waals surface area (Å²) in [6.45, 7) is 4.99. The van der Waals surface area contributed by atoms with E-state index in [2.05, 4.69) is 4.74 Å². The van der Waals surface area contributed by atoms with E-state index < -0.39 is 17.5 Å². The van der Waals surface area contributed by atoms with Gasteiger partial charge in [-0.1, -0.05) is 20.8 Å². The first-order chi connectivity index (χ1) is 6.36. The number of hydrogen-bond acceptors (Lipinski definition) is 4. The van der Waals surface area contributed by atoms with Gasteiger partial charge in [-0.3, -0.25) is 9.59 Å². The number of carbonyl (C=O) groups is 2. The normalized spacial score (nSPS) is 13.5. The van der Waals surface area contributed by atoms with Gasteiger partial charge in [-0.25, -0.2) is 0 Å². The number of Topliss-reactive ketones (excluding diaryl/α,β-unsaturated/α-hetero) is 1. The highest BCUT2D eigenvalue weighted by molar-refractivity contribution is 5.85. The molecule has 0 fully saturated rings. The van der Waals surface area contributed by atoms with Crippen molar-refractivity contribution in [3.8, 4) is 0 Å². The summed E-state index contributed by atoms with van der Waals surface area (Å²) >= 11 is 0. The van der Waals surface area contributed by atoms with Crippen LogP contribution in [0, 0.1) is 5.41 Å². The van der Waals surface area contributed by atoms with Gasteiger partial charge in [0.2, 0.25) is 0 Å². The number of aliphatic hydroxyl groups is 1. The smallest absolute Gasteiger partial charge is 0.308 e. The molecule has 0 aromatic rings. The van der Waals surface area contributed by atoms with Crippen molar-refractivity contribution in [1.82, 2.24) is 0 Å². The second-order valence-electron chi connectivity index (χ2n) is 3.79. The summed E-state index contributed by atoms with van der Waals surface area (Å²) in [6, 6.07) is 0. The maximum Gasteiger partial charge on any atom is 0.308 e. The minimum atomic E-state index is -0.984. The average Bonchev–Trinajstić information content (AvgIpc) is 2.15. The fraction of sp³-hybridized carbons (Fsp3) is 0.800. The summed E-state index contributed by atoms with van der Waals surface area (Å²) in [5.41, 5.74) is -0.886. The van der Waals surface area contributed by atoms with E-state index >= 15 is 0 Å². The SMILES string of the molecule is CCC(=O)C(C)(C)[C@@H](O)CC(=O)OC. The van der Waals surface area contributed by atoms with Crippen LogP contribution in [0.15, 0.2) is 0 Å². The lowest BCUT2D eigenvalue weighted by Gasteiger charge is -2.27. The predicted octanol–water partition coefficient (Wildman–Crippen LogP) is 0.916. The lowest BCUT2D eigenvalue weighted by atomic mass is 9.79. The van der Waals surface area contributed by atoms with E-state index in [1.165, 1.54) is 7.11 Å². The minimum absolute atomic E-state index is 0.0612. The maximum atomic E-state index is 11.4. The maximum absolute atomic E-state index is 11.4. The van der Waals surface area contributed by atoms with Crippen LogP contribution in [-0.2, 0) is 14.3 Å². The molecule has 0 saturated heterocycles. The molecule has 0 aliphatic rings. The lowest BCUT2D eigenvalue weighted by molar-refractivity contribution is -0.146. The number of carbonyl (C=O) groups excluding carboxylic acids is 2. The fourth-order valence-electron chi connectivity index (χ4n) is 1.14. The number of ether oxygens (including phenoxy) is 1. The second-order valence-corrected chi connectivity index (χ2v) is 3.79. The third kappa shape index (κ3) is 3.10. The van der Waals surface area contributed by atoms with Gasteiger partial charge in [0, 0.05) is 11.8 Å². The van der Waals surface area contributed by atoms with Crippen LogP contribution < -0.4 is 0 Å². The van der Waals surface area contributed by atoms with Crippen LogP contribution in [0.3, 0.4) is 0 Å². The van der Waals surface area contributed by atoms with Crippen LogP contribution in [-0.4, -0.2) is 30.1 Å². The molecule has 1 N–H and O–H groups in total. The quantitative estimate of drug-likeness (QED) is 0.673. The van der Waals surface area contributed by atoms with Crippen molar-refractivity contribution >= 4 is 11.8 Å². The Hall–Kier alpha value is -0.900. The largest absolute Gasteiger partial charge is 0.469 e. The van der Waals surface area contributed by atoms with Crippen molar-refractivity contribution < 1.29 is 19.4 Å². The van der Waals surface area contributed by atoms with Gasteiger partial charge in [-0.15, -0.1) is 0 Å². The van der Waals surface area contributed by atoms with Gasteiger partial charge < -0.3 is 9.84 Å². The highest BCUT2D eigenvalue weighted by atomic mass is 16.5. The van der Waals surface area contributed by atoms with Crippen LogP contribution in [0.5, 0.6) is 0 Å². The zero-order valence-corrected chi connectivity index (χ0v) is 9.16. The van der Waals surface area contributed by atoms with Gasteiger partial charge in [0.15, 0.2) is 0 Å². The molecule has 4 nitrogen and oxygen atoms in total. The van der Waals surface area contributed by atoms with Crippen LogP contribution in [0.25, 0.3) is 0 Å². The summed E-state index contributed by atoms with van der Waals surface area (Å²) in [4.78, 5) is 22.3. The Balaban J connectivity index is 4.42. The number of hydrogen-bond donors (Lipinski definition) is 1. The standard InChI is InChI=1S/C10H18O4/c1-5-7(11)10(2,3)8(12)6-9(13)14-4/h8,12H,5-6H2,1-4H3/t8-/m0/s1. The van der Waals surface area contributed by atoms with E-state index in [0.717, 1.165) is 0 Å². The molecule has 14 heavy (non-hydrogen) atoms. The summed E-state index contributed by atoms with van der Waals surface area (Å²) < 4.78 is 4.42. The van der Waals surface area contributed by atoms with E-state index in [4.69, 9.17) is 0 Å². The molecule has 0 spiro atoms. The minimum Gasteiger partial charge on any atom is -0.469 e. The molecule has 4 heteroatoms. The monoisotopic (exact) mass is 202 g/mol. The van der Waals surface area contributed by atoms with E-state index in [9.17, 15) is 14.7 Å². The lowest BCUT2D eigenvalue weighted by Crippen LogP contribution is -2.38. The topological polar surface area (TPSA) is 63.6 Å². The zero-order valence-electron chi connectivity index (χ0n) is 9.16. The van der Waals surface area contributed by atoms with Gasteiger partial charge in [-0.05, 0) is 0 Å². The first-order valence-electron chi connectivity index (χ1n) is 4.64. The van der Waals surface area contributed by atoms with Crippen molar-refractivity contribution in [1.29, 1.82) is 0 Å². The summed E-state index contributed by atoms with van der Waals surface area (Å²) in [5, 5.41) is 9.66. The summed E-state index contributed by atoms with van der Waals surface area (Å²) in [5.74, 6) is -0.566. The molecule has 0 aromatic carbocycles. The van der Waals surface area contributed by atoms with Gasteiger partial charge in [-0.2, -0.15) is 0 Å². The van der Waals surface area contributed by atoms with Crippen molar-refractivity contribution in [2.24, 2.45) is 5.41 Å². The molecule has 0 aromatic heterocycles. The first-order valence-corrected chi connectivity index (χ1v) is 4.64. The van der Waals surface area contributed by atoms with Crippen LogP contribution in [0.1, 0.15) is 33.6 Å². The highest BCUT2D eigenvalue weighted by Gasteiger charge is 2.35. The van der Waals surface area contributed by atoms with E-state index in [0.29, 0.717) is 6.42 Å². The van der Waals surface area contributed by atoms with Crippen molar-refractivity contribution in [2.45, 2.75) is 39.7 Å². The highest BCUT2D eigenvalue weighted by Crippen LogP contribution is 2.25. The molecular formula is C10H18O4. The van der Waals surface area contributed by atoms with Crippen molar-refractivity contribution in [2.75, 3.05) is 7.11 Å². The van der Waals surface area contributed by atoms with Gasteiger partial charge >= 0.3 is 5.97 Å². The number of ketones is 1. The second kappa shape index (κ2) is 5.10. The van der Waals surface area contributed by atoms with Crippen LogP contribution in [0.2, 0.25) is 0 Å². The molecule has 1 atom stereocenters. The van der Waals surface area contributed by atoms with E-state index in [1.54, 1.807) is 20.8 Å². The number of esters is 1. The van der Waals surface area contributed by atoms with Crippen LogP contribution >= 0.6 is 0 Å². The molecule has 0 rings (SSSR count).